The fourth-order valence-electron chi connectivity index (χ4n) is 5.00. The molecule has 0 saturated heterocycles. The van der Waals surface area contributed by atoms with Crippen molar-refractivity contribution in [2.45, 2.75) is 32.4 Å². The zero-order chi connectivity index (χ0) is 32.1. The van der Waals surface area contributed by atoms with Crippen molar-refractivity contribution in [3.63, 3.8) is 0 Å². The average Bonchev–Trinajstić information content (AvgIpc) is 3.41. The van der Waals surface area contributed by atoms with Crippen LogP contribution in [0.25, 0.3) is 32.9 Å². The van der Waals surface area contributed by atoms with Crippen molar-refractivity contribution in [3.05, 3.63) is 93.4 Å². The van der Waals surface area contributed by atoms with Crippen LogP contribution in [0.2, 0.25) is 5.02 Å². The molecule has 0 radical (unpaired) electrons. The Morgan fingerprint density at radius 3 is 2.60 bits per heavy atom. The van der Waals surface area contributed by atoms with Gasteiger partial charge in [-0.15, -0.1) is 0 Å². The van der Waals surface area contributed by atoms with Gasteiger partial charge in [0.2, 0.25) is 0 Å². The zero-order valence-corrected chi connectivity index (χ0v) is 25.9. The second-order valence-corrected chi connectivity index (χ2v) is 11.9. The number of aromatic amines is 2. The van der Waals surface area contributed by atoms with E-state index in [1.54, 1.807) is 25.1 Å². The summed E-state index contributed by atoms with van der Waals surface area (Å²) in [5, 5.41) is 28.3. The van der Waals surface area contributed by atoms with Gasteiger partial charge in [0.1, 0.15) is 35.8 Å². The summed E-state index contributed by atoms with van der Waals surface area (Å²) in [7, 11) is 0. The van der Waals surface area contributed by atoms with Gasteiger partial charge in [-0.05, 0) is 62.7 Å². The highest BCUT2D eigenvalue weighted by molar-refractivity contribution is 6.32. The van der Waals surface area contributed by atoms with E-state index in [4.69, 9.17) is 21.1 Å². The second-order valence-electron chi connectivity index (χ2n) is 11.5. The van der Waals surface area contributed by atoms with Crippen LogP contribution in [-0.2, 0) is 4.79 Å². The van der Waals surface area contributed by atoms with Crippen LogP contribution < -0.4 is 25.7 Å². The standard InChI is InChI=1S/C34H34ClN5O5/c1-20-25(13-22(15-36)33(43)39-20)21-11-12-29(26(35)14-21)45-18-31(42)37-19-34(2,3)38-16-23(41)17-44-30-10-6-9-28-32(30)24-7-4-5-8-27(24)40-28/h4-14,23,38,40-41H,16-19H2,1-3H3,(H,37,42)(H,39,43). The Morgan fingerprint density at radius 1 is 1.04 bits per heavy atom. The van der Waals surface area contributed by atoms with Gasteiger partial charge in [-0.1, -0.05) is 41.9 Å². The van der Waals surface area contributed by atoms with E-state index in [1.165, 1.54) is 6.07 Å². The number of nitrogens with zero attached hydrogens (tertiary/aromatic N) is 1. The lowest BCUT2D eigenvalue weighted by atomic mass is 10.0. The number of halogens is 1. The molecular weight excluding hydrogens is 594 g/mol. The fraction of sp³-hybridized carbons (Fsp3) is 0.265. The van der Waals surface area contributed by atoms with Gasteiger partial charge in [-0.2, -0.15) is 5.26 Å². The number of aromatic nitrogens is 2. The highest BCUT2D eigenvalue weighted by Gasteiger charge is 2.21. The molecule has 1 amide bonds. The van der Waals surface area contributed by atoms with Gasteiger partial charge in [-0.3, -0.25) is 9.59 Å². The molecule has 3 aromatic carbocycles. The highest BCUT2D eigenvalue weighted by Crippen LogP contribution is 2.33. The largest absolute Gasteiger partial charge is 0.490 e. The third-order valence-electron chi connectivity index (χ3n) is 7.43. The van der Waals surface area contributed by atoms with Crippen LogP contribution >= 0.6 is 11.6 Å². The number of hydrogen-bond donors (Lipinski definition) is 5. The van der Waals surface area contributed by atoms with Crippen LogP contribution in [0.3, 0.4) is 0 Å². The van der Waals surface area contributed by atoms with Crippen LogP contribution in [-0.4, -0.2) is 58.9 Å². The molecule has 1 unspecified atom stereocenters. The monoisotopic (exact) mass is 627 g/mol. The summed E-state index contributed by atoms with van der Waals surface area (Å²) in [4.78, 5) is 30.5. The molecule has 5 N–H and O–H groups in total. The van der Waals surface area contributed by atoms with Crippen LogP contribution in [0.1, 0.15) is 25.1 Å². The van der Waals surface area contributed by atoms with Gasteiger partial charge in [0, 0.05) is 46.2 Å². The number of benzene rings is 3. The molecular formula is C34H34ClN5O5. The number of ether oxygens (including phenoxy) is 2. The molecule has 5 rings (SSSR count). The maximum Gasteiger partial charge on any atom is 0.266 e. The van der Waals surface area contributed by atoms with Crippen LogP contribution in [0.15, 0.2) is 71.5 Å². The topological polar surface area (TPSA) is 152 Å². The Balaban J connectivity index is 1.08. The summed E-state index contributed by atoms with van der Waals surface area (Å²) >= 11 is 6.41. The van der Waals surface area contributed by atoms with E-state index in [0.717, 1.165) is 21.8 Å². The number of amides is 1. The molecule has 0 saturated carbocycles. The Labute approximate surface area is 264 Å². The van der Waals surface area contributed by atoms with E-state index in [2.05, 4.69) is 20.6 Å². The fourth-order valence-corrected chi connectivity index (χ4v) is 5.23. The number of carbonyl (C=O) groups is 1. The number of carbonyl (C=O) groups excluding carboxylic acids is 1. The first-order chi connectivity index (χ1) is 21.5. The van der Waals surface area contributed by atoms with Gasteiger partial charge >= 0.3 is 0 Å². The number of para-hydroxylation sites is 1. The van der Waals surface area contributed by atoms with E-state index in [0.29, 0.717) is 28.3 Å². The highest BCUT2D eigenvalue weighted by atomic mass is 35.5. The lowest BCUT2D eigenvalue weighted by Gasteiger charge is -2.28. The Bertz CT molecular complexity index is 1960. The third kappa shape index (κ3) is 7.46. The Hall–Kier alpha value is -4.82. The van der Waals surface area contributed by atoms with Crippen molar-refractivity contribution < 1.29 is 19.4 Å². The number of aryl methyl sites for hydroxylation is 1. The molecule has 2 aromatic heterocycles. The molecule has 10 nitrogen and oxygen atoms in total. The minimum absolute atomic E-state index is 0.00304. The molecule has 11 heteroatoms. The molecule has 0 fully saturated rings. The number of aliphatic hydroxyl groups excluding tert-OH is 1. The normalized spacial score (nSPS) is 12.2. The minimum Gasteiger partial charge on any atom is -0.490 e. The molecule has 0 bridgehead atoms. The number of hydrogen-bond acceptors (Lipinski definition) is 7. The Morgan fingerprint density at radius 2 is 1.82 bits per heavy atom. The lowest BCUT2D eigenvalue weighted by Crippen LogP contribution is -2.52. The van der Waals surface area contributed by atoms with Crippen LogP contribution in [0.4, 0.5) is 0 Å². The van der Waals surface area contributed by atoms with E-state index < -0.39 is 17.2 Å². The van der Waals surface area contributed by atoms with Crippen molar-refractivity contribution in [3.8, 4) is 28.7 Å². The van der Waals surface area contributed by atoms with E-state index in [1.807, 2.05) is 62.4 Å². The summed E-state index contributed by atoms with van der Waals surface area (Å²) in [6.07, 6.45) is -0.778. The van der Waals surface area contributed by atoms with Crippen molar-refractivity contribution in [1.82, 2.24) is 20.6 Å². The maximum atomic E-state index is 12.5. The van der Waals surface area contributed by atoms with Gasteiger partial charge in [0.05, 0.1) is 10.5 Å². The van der Waals surface area contributed by atoms with Crippen molar-refractivity contribution in [1.29, 1.82) is 5.26 Å². The van der Waals surface area contributed by atoms with Gasteiger partial charge < -0.3 is 35.2 Å². The summed E-state index contributed by atoms with van der Waals surface area (Å²) < 4.78 is 11.7. The Kier molecular flexibility index (Phi) is 9.44. The summed E-state index contributed by atoms with van der Waals surface area (Å²) in [6, 6.07) is 22.2. The lowest BCUT2D eigenvalue weighted by molar-refractivity contribution is -0.123. The van der Waals surface area contributed by atoms with Crippen molar-refractivity contribution in [2.75, 3.05) is 26.3 Å². The average molecular weight is 628 g/mol. The van der Waals surface area contributed by atoms with Gasteiger partial charge in [-0.25, -0.2) is 0 Å². The quantitative estimate of drug-likeness (QED) is 0.133. The summed E-state index contributed by atoms with van der Waals surface area (Å²) in [5.41, 5.74) is 2.98. The number of H-pyrrole nitrogens is 2. The summed E-state index contributed by atoms with van der Waals surface area (Å²) in [5.74, 6) is 0.683. The smallest absolute Gasteiger partial charge is 0.266 e. The molecule has 45 heavy (non-hydrogen) atoms. The molecule has 5 aromatic rings. The van der Waals surface area contributed by atoms with Crippen LogP contribution in [0.5, 0.6) is 11.5 Å². The number of nitriles is 1. The molecule has 0 aliphatic heterocycles. The second kappa shape index (κ2) is 13.4. The predicted molar refractivity (Wildman–Crippen MR) is 175 cm³/mol. The first-order valence-corrected chi connectivity index (χ1v) is 14.8. The molecule has 0 aliphatic carbocycles. The number of pyridine rings is 1. The van der Waals surface area contributed by atoms with Crippen LogP contribution in [0, 0.1) is 18.3 Å². The van der Waals surface area contributed by atoms with E-state index in [-0.39, 0.29) is 42.8 Å². The summed E-state index contributed by atoms with van der Waals surface area (Å²) in [6.45, 7) is 5.97. The third-order valence-corrected chi connectivity index (χ3v) is 7.72. The zero-order valence-electron chi connectivity index (χ0n) is 25.2. The first-order valence-electron chi connectivity index (χ1n) is 14.4. The number of aliphatic hydroxyl groups is 1. The van der Waals surface area contributed by atoms with Gasteiger partial charge in [0.25, 0.3) is 11.5 Å². The predicted octanol–water partition coefficient (Wildman–Crippen LogP) is 4.81. The van der Waals surface area contributed by atoms with E-state index >= 15 is 0 Å². The molecule has 0 spiro atoms. The molecule has 232 valence electrons. The van der Waals surface area contributed by atoms with Crippen molar-refractivity contribution in [2.24, 2.45) is 0 Å². The number of β-amino-alcohol motifs (C(OH)–C–C–N with tert-alkyl or cyclic N) is 1. The van der Waals surface area contributed by atoms with Gasteiger partial charge in [0.15, 0.2) is 6.61 Å². The molecule has 1 atom stereocenters. The number of rotatable bonds is 12. The SMILES string of the molecule is Cc1[nH]c(=O)c(C#N)cc1-c1ccc(OCC(=O)NCC(C)(C)NCC(O)COc2cccc3[nH]c4ccccc4c23)c(Cl)c1. The number of nitrogens with one attached hydrogen (secondary N) is 4. The molecule has 0 aliphatic rings. The maximum absolute atomic E-state index is 12.5. The minimum atomic E-state index is -0.778. The first kappa shape index (κ1) is 31.6. The van der Waals surface area contributed by atoms with E-state index in [9.17, 15) is 20.0 Å². The molecule has 2 heterocycles. The number of fused-ring (bicyclic) bond motifs is 3. The van der Waals surface area contributed by atoms with Crippen molar-refractivity contribution >= 4 is 39.3 Å².